The third-order valence-corrected chi connectivity index (χ3v) is 4.72. The maximum atomic E-state index is 11.1. The molecule has 0 unspecified atom stereocenters. The number of non-ortho nitro benzene ring substituents is 1. The molecule has 4 aromatic rings. The normalized spacial score (nSPS) is 11.0. The number of anilines is 1. The van der Waals surface area contributed by atoms with Crippen LogP contribution in [0.1, 0.15) is 16.8 Å². The van der Waals surface area contributed by atoms with Crippen LogP contribution in [0.4, 0.5) is 11.5 Å². The number of nitro benzene ring substituents is 1. The van der Waals surface area contributed by atoms with E-state index in [0.29, 0.717) is 22.5 Å². The molecular weight excluding hydrogens is 408 g/mol. The second-order valence-electron chi connectivity index (χ2n) is 6.65. The molecule has 2 aromatic heterocycles. The van der Waals surface area contributed by atoms with Crippen molar-refractivity contribution in [1.82, 2.24) is 20.0 Å². The molecular formula is C22H14N8O2. The van der Waals surface area contributed by atoms with Gasteiger partial charge in [0.15, 0.2) is 0 Å². The number of para-hydroxylation sites is 1. The molecule has 0 radical (unpaired) electrons. The van der Waals surface area contributed by atoms with Gasteiger partial charge in [0.05, 0.1) is 28.1 Å². The van der Waals surface area contributed by atoms with Crippen LogP contribution in [-0.4, -0.2) is 24.9 Å². The Kier molecular flexibility index (Phi) is 5.18. The Hall–Kier alpha value is -5.22. The van der Waals surface area contributed by atoms with Crippen LogP contribution in [0.25, 0.3) is 28.6 Å². The van der Waals surface area contributed by atoms with E-state index in [9.17, 15) is 20.6 Å². The molecule has 0 atom stereocenters. The molecule has 0 aliphatic heterocycles. The van der Waals surface area contributed by atoms with Crippen molar-refractivity contribution in [2.45, 2.75) is 0 Å². The number of nitrogens with zero attached hydrogens (tertiary/aromatic N) is 6. The van der Waals surface area contributed by atoms with Gasteiger partial charge in [0.1, 0.15) is 29.2 Å². The van der Waals surface area contributed by atoms with Crippen LogP contribution >= 0.6 is 0 Å². The number of nitrogen functional groups attached to an aromatic ring is 1. The predicted octanol–water partition coefficient (Wildman–Crippen LogP) is 3.69. The lowest BCUT2D eigenvalue weighted by Crippen LogP contribution is -2.02. The SMILES string of the molecule is N#C/C(=C\c1cn[nH]c1-c1cccc([N+](=O)[O-])c1)c1nn(-c2ccccc2)c(N)c1C#N. The summed E-state index contributed by atoms with van der Waals surface area (Å²) in [5.41, 5.74) is 8.50. The second kappa shape index (κ2) is 8.26. The van der Waals surface area contributed by atoms with Crippen LogP contribution in [0.3, 0.4) is 0 Å². The molecule has 154 valence electrons. The molecule has 32 heavy (non-hydrogen) atoms. The highest BCUT2D eigenvalue weighted by Crippen LogP contribution is 2.30. The van der Waals surface area contributed by atoms with Crippen LogP contribution in [-0.2, 0) is 0 Å². The molecule has 3 N–H and O–H groups in total. The molecule has 0 saturated heterocycles. The number of H-pyrrole nitrogens is 1. The maximum absolute atomic E-state index is 11.1. The first-order chi connectivity index (χ1) is 15.5. The minimum atomic E-state index is -0.492. The molecule has 0 aliphatic rings. The summed E-state index contributed by atoms with van der Waals surface area (Å²) in [6.45, 7) is 0. The average molecular weight is 422 g/mol. The Morgan fingerprint density at radius 2 is 1.97 bits per heavy atom. The number of allylic oxidation sites excluding steroid dienone is 1. The van der Waals surface area contributed by atoms with Gasteiger partial charge in [-0.1, -0.05) is 30.3 Å². The summed E-state index contributed by atoms with van der Waals surface area (Å²) >= 11 is 0. The van der Waals surface area contributed by atoms with Crippen LogP contribution in [0.5, 0.6) is 0 Å². The van der Waals surface area contributed by atoms with Gasteiger partial charge in [-0.2, -0.15) is 20.7 Å². The molecule has 10 nitrogen and oxygen atoms in total. The first kappa shape index (κ1) is 20.1. The lowest BCUT2D eigenvalue weighted by atomic mass is 10.0. The largest absolute Gasteiger partial charge is 0.382 e. The monoisotopic (exact) mass is 422 g/mol. The number of aromatic amines is 1. The summed E-state index contributed by atoms with van der Waals surface area (Å²) in [6, 6.07) is 19.1. The van der Waals surface area contributed by atoms with Crippen molar-refractivity contribution in [2.75, 3.05) is 5.73 Å². The van der Waals surface area contributed by atoms with Gasteiger partial charge in [-0.25, -0.2) is 4.68 Å². The van der Waals surface area contributed by atoms with Gasteiger partial charge in [0.25, 0.3) is 5.69 Å². The predicted molar refractivity (Wildman–Crippen MR) is 117 cm³/mol. The third kappa shape index (κ3) is 3.56. The van der Waals surface area contributed by atoms with Crippen molar-refractivity contribution in [3.05, 3.63) is 87.7 Å². The average Bonchev–Trinajstić information content (AvgIpc) is 3.42. The fourth-order valence-electron chi connectivity index (χ4n) is 3.22. The molecule has 10 heteroatoms. The highest BCUT2D eigenvalue weighted by molar-refractivity contribution is 5.93. The Morgan fingerprint density at radius 3 is 2.66 bits per heavy atom. The molecule has 0 bridgehead atoms. The van der Waals surface area contributed by atoms with Crippen molar-refractivity contribution in [3.63, 3.8) is 0 Å². The highest BCUT2D eigenvalue weighted by atomic mass is 16.6. The van der Waals surface area contributed by atoms with Crippen LogP contribution < -0.4 is 5.73 Å². The van der Waals surface area contributed by atoms with Crippen molar-refractivity contribution in [2.24, 2.45) is 0 Å². The lowest BCUT2D eigenvalue weighted by Gasteiger charge is -2.02. The Balaban J connectivity index is 1.83. The fraction of sp³-hybridized carbons (Fsp3) is 0. The van der Waals surface area contributed by atoms with E-state index in [1.807, 2.05) is 12.1 Å². The van der Waals surface area contributed by atoms with Crippen LogP contribution in [0, 0.1) is 32.8 Å². The van der Waals surface area contributed by atoms with Crippen LogP contribution in [0.15, 0.2) is 60.8 Å². The molecule has 0 amide bonds. The summed E-state index contributed by atoms with van der Waals surface area (Å²) in [6.07, 6.45) is 2.99. The minimum absolute atomic E-state index is 0.0713. The summed E-state index contributed by atoms with van der Waals surface area (Å²) in [5.74, 6) is 0.112. The molecule has 2 aromatic carbocycles. The van der Waals surface area contributed by atoms with E-state index in [1.54, 1.807) is 36.4 Å². The summed E-state index contributed by atoms with van der Waals surface area (Å²) in [5, 5.41) is 41.8. The van der Waals surface area contributed by atoms with Crippen molar-refractivity contribution < 1.29 is 4.92 Å². The molecule has 4 rings (SSSR count). The number of hydrogen-bond donors (Lipinski definition) is 2. The Morgan fingerprint density at radius 1 is 1.19 bits per heavy atom. The lowest BCUT2D eigenvalue weighted by molar-refractivity contribution is -0.384. The molecule has 0 aliphatic carbocycles. The van der Waals surface area contributed by atoms with Gasteiger partial charge in [-0.15, -0.1) is 0 Å². The zero-order valence-electron chi connectivity index (χ0n) is 16.4. The number of rotatable bonds is 5. The molecule has 0 spiro atoms. The zero-order chi connectivity index (χ0) is 22.7. The van der Waals surface area contributed by atoms with Crippen LogP contribution in [0.2, 0.25) is 0 Å². The fourth-order valence-corrected chi connectivity index (χ4v) is 3.22. The highest BCUT2D eigenvalue weighted by Gasteiger charge is 2.21. The van der Waals surface area contributed by atoms with E-state index < -0.39 is 4.92 Å². The van der Waals surface area contributed by atoms with Gasteiger partial charge >= 0.3 is 0 Å². The minimum Gasteiger partial charge on any atom is -0.382 e. The summed E-state index contributed by atoms with van der Waals surface area (Å²) in [4.78, 5) is 10.6. The molecule has 0 saturated carbocycles. The Labute approximate surface area is 181 Å². The van der Waals surface area contributed by atoms with Gasteiger partial charge in [0.2, 0.25) is 0 Å². The van der Waals surface area contributed by atoms with E-state index in [1.165, 1.54) is 29.1 Å². The van der Waals surface area contributed by atoms with Crippen molar-refractivity contribution in [3.8, 4) is 29.1 Å². The maximum Gasteiger partial charge on any atom is 0.270 e. The summed E-state index contributed by atoms with van der Waals surface area (Å²) in [7, 11) is 0. The number of nitriles is 2. The quantitative estimate of drug-likeness (QED) is 0.281. The molecule has 2 heterocycles. The van der Waals surface area contributed by atoms with E-state index in [0.717, 1.165) is 0 Å². The first-order valence-electron chi connectivity index (χ1n) is 9.28. The third-order valence-electron chi connectivity index (χ3n) is 4.72. The first-order valence-corrected chi connectivity index (χ1v) is 9.28. The van der Waals surface area contributed by atoms with Gasteiger partial charge < -0.3 is 5.73 Å². The van der Waals surface area contributed by atoms with Gasteiger partial charge in [0, 0.05) is 23.3 Å². The molecule has 0 fully saturated rings. The zero-order valence-corrected chi connectivity index (χ0v) is 16.4. The van der Waals surface area contributed by atoms with E-state index in [4.69, 9.17) is 5.73 Å². The number of benzene rings is 2. The van der Waals surface area contributed by atoms with Crippen molar-refractivity contribution in [1.29, 1.82) is 10.5 Å². The standard InChI is InChI=1S/C22H14N8O2/c23-11-15(21-19(12-24)22(25)29(28-21)17-6-2-1-3-7-17)9-16-13-26-27-20(16)14-5-4-8-18(10-14)30(31)32/h1-10,13H,25H2,(H,26,27)/b15-9+. The van der Waals surface area contributed by atoms with Crippen molar-refractivity contribution >= 4 is 23.2 Å². The smallest absolute Gasteiger partial charge is 0.270 e. The van der Waals surface area contributed by atoms with E-state index in [2.05, 4.69) is 21.4 Å². The topological polar surface area (TPSA) is 163 Å². The second-order valence-corrected chi connectivity index (χ2v) is 6.65. The number of nitro groups is 1. The number of nitrogens with two attached hydrogens (primary N) is 1. The van der Waals surface area contributed by atoms with E-state index >= 15 is 0 Å². The number of aromatic nitrogens is 4. The van der Waals surface area contributed by atoms with Gasteiger partial charge in [-0.3, -0.25) is 15.2 Å². The Bertz CT molecular complexity index is 1430. The van der Waals surface area contributed by atoms with E-state index in [-0.39, 0.29) is 28.3 Å². The van der Waals surface area contributed by atoms with Gasteiger partial charge in [-0.05, 0) is 18.2 Å². The number of hydrogen-bond acceptors (Lipinski definition) is 7. The number of nitrogens with one attached hydrogen (secondary N) is 1. The summed E-state index contributed by atoms with van der Waals surface area (Å²) < 4.78 is 1.40.